The Labute approximate surface area is 261 Å². The smallest absolute Gasteiger partial charge is 0.271 e. The number of hydrogen-bond acceptors (Lipinski definition) is 9. The Morgan fingerprint density at radius 3 is 2.55 bits per heavy atom. The second kappa shape index (κ2) is 11.9. The molecule has 230 valence electrons. The molecular formula is C32H33ClN4O6S. The van der Waals surface area contributed by atoms with E-state index in [4.69, 9.17) is 25.5 Å². The summed E-state index contributed by atoms with van der Waals surface area (Å²) < 4.78 is 46.7. The molecule has 10 nitrogen and oxygen atoms in total. The maximum atomic E-state index is 15.4. The topological polar surface area (TPSA) is 114 Å². The van der Waals surface area contributed by atoms with Crippen molar-refractivity contribution >= 4 is 33.2 Å². The summed E-state index contributed by atoms with van der Waals surface area (Å²) in [5.41, 5.74) is 0.461. The molecule has 2 aliphatic heterocycles. The molecule has 3 aromatic carbocycles. The fourth-order valence-electron chi connectivity index (χ4n) is 6.38. The third kappa shape index (κ3) is 4.75. The van der Waals surface area contributed by atoms with Crippen LogP contribution < -0.4 is 19.1 Å². The second-order valence-corrected chi connectivity index (χ2v) is 12.9. The first kappa shape index (κ1) is 30.1. The zero-order valence-corrected chi connectivity index (χ0v) is 26.2. The van der Waals surface area contributed by atoms with Gasteiger partial charge in [-0.05, 0) is 73.5 Å². The van der Waals surface area contributed by atoms with E-state index in [1.54, 1.807) is 37.6 Å². The van der Waals surface area contributed by atoms with Crippen LogP contribution >= 0.6 is 11.6 Å². The van der Waals surface area contributed by atoms with Gasteiger partial charge in [-0.1, -0.05) is 30.7 Å². The summed E-state index contributed by atoms with van der Waals surface area (Å²) in [7, 11) is -1.38. The van der Waals surface area contributed by atoms with Crippen LogP contribution in [0.3, 0.4) is 0 Å². The Kier molecular flexibility index (Phi) is 8.14. The van der Waals surface area contributed by atoms with Crippen molar-refractivity contribution in [1.29, 1.82) is 0 Å². The second-order valence-electron chi connectivity index (χ2n) is 10.7. The van der Waals surface area contributed by atoms with Crippen molar-refractivity contribution in [3.05, 3.63) is 101 Å². The van der Waals surface area contributed by atoms with Crippen molar-refractivity contribution in [2.45, 2.75) is 42.8 Å². The summed E-state index contributed by atoms with van der Waals surface area (Å²) in [6.45, 7) is 3.78. The summed E-state index contributed by atoms with van der Waals surface area (Å²) in [5, 5.41) is 3.63. The van der Waals surface area contributed by atoms with Gasteiger partial charge >= 0.3 is 0 Å². The molecule has 1 amide bonds. The zero-order chi connectivity index (χ0) is 31.1. The fourth-order valence-corrected chi connectivity index (χ4v) is 7.99. The molecule has 2 aliphatic rings. The van der Waals surface area contributed by atoms with E-state index in [0.717, 1.165) is 22.8 Å². The number of halogens is 1. The highest BCUT2D eigenvalue weighted by atomic mass is 35.5. The van der Waals surface area contributed by atoms with Crippen molar-refractivity contribution in [3.8, 4) is 11.5 Å². The fraction of sp³-hybridized carbons (Fsp3) is 0.312. The van der Waals surface area contributed by atoms with Crippen LogP contribution in [0.4, 0.5) is 5.69 Å². The highest BCUT2D eigenvalue weighted by molar-refractivity contribution is 7.93. The molecule has 0 aliphatic carbocycles. The lowest BCUT2D eigenvalue weighted by Gasteiger charge is -2.41. The van der Waals surface area contributed by atoms with Crippen LogP contribution in [0.5, 0.6) is 11.5 Å². The molecule has 4 aromatic rings. The number of aromatic nitrogens is 1. The molecule has 0 bridgehead atoms. The molecule has 1 N–H and O–H groups in total. The first-order valence-electron chi connectivity index (χ1n) is 14.4. The highest BCUT2D eigenvalue weighted by Crippen LogP contribution is 2.56. The number of nitrogens with one attached hydrogen (secondary N) is 1. The zero-order valence-electron chi connectivity index (χ0n) is 24.6. The first-order chi connectivity index (χ1) is 21.3. The number of carbonyl (C=O) groups excluding carboxylic acids is 1. The molecule has 6 rings (SSSR count). The average molecular weight is 637 g/mol. The SMILES string of the molecule is CCNCc1ccc(OC)c(C2(N3CCC[C@H]3c3ncco3)C(=O)N(S(=O)(=O)c3ccc(OC)cc3)c3cc(Cl)ccc32)c1. The highest BCUT2D eigenvalue weighted by Gasteiger charge is 2.62. The Morgan fingerprint density at radius 2 is 1.86 bits per heavy atom. The molecule has 0 radical (unpaired) electrons. The standard InChI is InChI=1S/C32H33ClN4O6S/c1-4-34-20-21-7-14-29(42-3)26(18-21)32(36-16-5-6-27(36)30-35-15-17-43-30)25-13-8-22(33)19-28(25)37(31(32)38)44(39,40)24-11-9-23(41-2)10-12-24/h7-15,17-19,27,34H,4-6,16,20H2,1-3H3/t27-,32?/m0/s1. The van der Waals surface area contributed by atoms with Gasteiger partial charge in [-0.2, -0.15) is 0 Å². The van der Waals surface area contributed by atoms with Crippen LogP contribution in [0.15, 0.2) is 82.4 Å². The normalized spacial score (nSPS) is 20.2. The van der Waals surface area contributed by atoms with Crippen molar-refractivity contribution in [2.24, 2.45) is 0 Å². The minimum Gasteiger partial charge on any atom is -0.497 e. The number of sulfonamides is 1. The maximum absolute atomic E-state index is 15.4. The van der Waals surface area contributed by atoms with Crippen LogP contribution in [0.25, 0.3) is 0 Å². The summed E-state index contributed by atoms with van der Waals surface area (Å²) in [6.07, 6.45) is 4.46. The molecular weight excluding hydrogens is 604 g/mol. The number of oxazole rings is 1. The van der Waals surface area contributed by atoms with Gasteiger partial charge in [0.15, 0.2) is 5.54 Å². The van der Waals surface area contributed by atoms with Gasteiger partial charge in [0.25, 0.3) is 15.9 Å². The van der Waals surface area contributed by atoms with Crippen LogP contribution in [0.2, 0.25) is 5.02 Å². The minimum absolute atomic E-state index is 0.0630. The van der Waals surface area contributed by atoms with E-state index in [0.29, 0.717) is 53.0 Å². The number of anilines is 1. The molecule has 12 heteroatoms. The van der Waals surface area contributed by atoms with E-state index in [1.165, 1.54) is 31.6 Å². The minimum atomic E-state index is -4.42. The molecule has 1 fully saturated rings. The molecule has 1 aromatic heterocycles. The van der Waals surface area contributed by atoms with Gasteiger partial charge in [0.2, 0.25) is 5.89 Å². The Morgan fingerprint density at radius 1 is 1.07 bits per heavy atom. The van der Waals surface area contributed by atoms with Crippen LogP contribution in [-0.2, 0) is 26.9 Å². The number of methoxy groups -OCH3 is 2. The van der Waals surface area contributed by atoms with E-state index in [9.17, 15) is 8.42 Å². The number of nitrogens with zero attached hydrogens (tertiary/aromatic N) is 3. The molecule has 1 saturated heterocycles. The molecule has 1 unspecified atom stereocenters. The largest absolute Gasteiger partial charge is 0.497 e. The van der Waals surface area contributed by atoms with E-state index in [2.05, 4.69) is 10.3 Å². The lowest BCUT2D eigenvalue weighted by molar-refractivity contribution is -0.127. The summed E-state index contributed by atoms with van der Waals surface area (Å²) >= 11 is 6.50. The number of ether oxygens (including phenoxy) is 2. The van der Waals surface area contributed by atoms with Crippen molar-refractivity contribution < 1.29 is 27.1 Å². The van der Waals surface area contributed by atoms with Gasteiger partial charge in [-0.15, -0.1) is 0 Å². The summed E-state index contributed by atoms with van der Waals surface area (Å²) in [6, 6.07) is 16.2. The van der Waals surface area contributed by atoms with Crippen LogP contribution in [-0.4, -0.2) is 51.5 Å². The average Bonchev–Trinajstić information content (AvgIpc) is 3.78. The van der Waals surface area contributed by atoms with E-state index >= 15 is 4.79 Å². The predicted octanol–water partition coefficient (Wildman–Crippen LogP) is 5.27. The van der Waals surface area contributed by atoms with Gasteiger partial charge in [0.1, 0.15) is 17.8 Å². The van der Waals surface area contributed by atoms with Crippen molar-refractivity contribution in [1.82, 2.24) is 15.2 Å². The van der Waals surface area contributed by atoms with Gasteiger partial charge < -0.3 is 19.2 Å². The van der Waals surface area contributed by atoms with Crippen LogP contribution in [0, 0.1) is 0 Å². The lowest BCUT2D eigenvalue weighted by Crippen LogP contribution is -2.54. The Balaban J connectivity index is 1.65. The maximum Gasteiger partial charge on any atom is 0.271 e. The van der Waals surface area contributed by atoms with Gasteiger partial charge in [-0.3, -0.25) is 9.69 Å². The third-order valence-electron chi connectivity index (χ3n) is 8.31. The Bertz CT molecular complexity index is 1780. The van der Waals surface area contributed by atoms with Crippen molar-refractivity contribution in [2.75, 3.05) is 31.6 Å². The van der Waals surface area contributed by atoms with Crippen molar-refractivity contribution in [3.63, 3.8) is 0 Å². The number of hydrogen-bond donors (Lipinski definition) is 1. The molecule has 2 atom stereocenters. The van der Waals surface area contributed by atoms with Gasteiger partial charge in [-0.25, -0.2) is 17.7 Å². The lowest BCUT2D eigenvalue weighted by atomic mass is 9.80. The van der Waals surface area contributed by atoms with Gasteiger partial charge in [0.05, 0.1) is 37.0 Å². The number of amides is 1. The number of benzene rings is 3. The quantitative estimate of drug-likeness (QED) is 0.249. The van der Waals surface area contributed by atoms with E-state index in [-0.39, 0.29) is 10.6 Å². The number of fused-ring (bicyclic) bond motifs is 1. The monoisotopic (exact) mass is 636 g/mol. The Hall–Kier alpha value is -3.90. The molecule has 0 spiro atoms. The van der Waals surface area contributed by atoms with Crippen LogP contribution in [0.1, 0.15) is 48.4 Å². The van der Waals surface area contributed by atoms with Gasteiger partial charge in [0, 0.05) is 29.2 Å². The number of carbonyl (C=O) groups is 1. The molecule has 0 saturated carbocycles. The number of likely N-dealkylation sites (tertiary alicyclic amines) is 1. The molecule has 3 heterocycles. The van der Waals surface area contributed by atoms with E-state index in [1.807, 2.05) is 30.0 Å². The number of rotatable bonds is 10. The predicted molar refractivity (Wildman–Crippen MR) is 165 cm³/mol. The summed E-state index contributed by atoms with van der Waals surface area (Å²) in [5.74, 6) is 0.719. The third-order valence-corrected chi connectivity index (χ3v) is 10.3. The summed E-state index contributed by atoms with van der Waals surface area (Å²) in [4.78, 5) is 21.7. The first-order valence-corrected chi connectivity index (χ1v) is 16.2. The molecule has 44 heavy (non-hydrogen) atoms. The van der Waals surface area contributed by atoms with E-state index < -0.39 is 27.5 Å².